The Bertz CT molecular complexity index is 944. The SMILES string of the molecule is Cc1sc2nc(Cl)nc(N3C(C)CCCC3C)c2c1-c1ccc(F)cc1. The second kappa shape index (κ2) is 6.78. The van der Waals surface area contributed by atoms with Crippen molar-refractivity contribution in [1.82, 2.24) is 9.97 Å². The second-order valence-corrected chi connectivity index (χ2v) is 8.61. The summed E-state index contributed by atoms with van der Waals surface area (Å²) in [6.45, 7) is 6.56. The average molecular weight is 390 g/mol. The Kier molecular flexibility index (Phi) is 4.61. The highest BCUT2D eigenvalue weighted by Crippen LogP contribution is 2.44. The molecular weight excluding hydrogens is 369 g/mol. The summed E-state index contributed by atoms with van der Waals surface area (Å²) in [6.07, 6.45) is 3.51. The molecule has 0 saturated carbocycles. The smallest absolute Gasteiger partial charge is 0.225 e. The first-order valence-electron chi connectivity index (χ1n) is 8.96. The van der Waals surface area contributed by atoms with Gasteiger partial charge in [0.15, 0.2) is 0 Å². The van der Waals surface area contributed by atoms with Gasteiger partial charge >= 0.3 is 0 Å². The number of nitrogens with zero attached hydrogens (tertiary/aromatic N) is 3. The molecular formula is C20H21ClFN3S. The van der Waals surface area contributed by atoms with Crippen LogP contribution in [0.25, 0.3) is 21.3 Å². The lowest BCUT2D eigenvalue weighted by molar-refractivity contribution is 0.412. The van der Waals surface area contributed by atoms with Gasteiger partial charge in [0, 0.05) is 22.5 Å². The lowest BCUT2D eigenvalue weighted by atomic mass is 9.96. The Labute approximate surface area is 161 Å². The topological polar surface area (TPSA) is 29.0 Å². The van der Waals surface area contributed by atoms with E-state index in [1.165, 1.54) is 18.6 Å². The normalized spacial score (nSPS) is 20.7. The van der Waals surface area contributed by atoms with Gasteiger partial charge in [-0.25, -0.2) is 9.37 Å². The van der Waals surface area contributed by atoms with Crippen LogP contribution in [0.3, 0.4) is 0 Å². The van der Waals surface area contributed by atoms with E-state index in [1.807, 2.05) is 12.1 Å². The molecule has 2 aromatic heterocycles. The number of aryl methyl sites for hydroxylation is 1. The number of anilines is 1. The summed E-state index contributed by atoms with van der Waals surface area (Å²) in [5, 5.41) is 1.31. The summed E-state index contributed by atoms with van der Waals surface area (Å²) in [5.41, 5.74) is 2.07. The van der Waals surface area contributed by atoms with Crippen LogP contribution in [0.1, 0.15) is 38.0 Å². The van der Waals surface area contributed by atoms with Crippen LogP contribution in [0, 0.1) is 12.7 Å². The molecule has 0 bridgehead atoms. The van der Waals surface area contributed by atoms with Crippen LogP contribution < -0.4 is 4.90 Å². The Hall–Kier alpha value is -1.72. The van der Waals surface area contributed by atoms with Gasteiger partial charge in [-0.3, -0.25) is 0 Å². The van der Waals surface area contributed by atoms with Crippen molar-refractivity contribution >= 4 is 39.0 Å². The van der Waals surface area contributed by atoms with Gasteiger partial charge in [0.1, 0.15) is 16.5 Å². The molecule has 4 rings (SSSR count). The molecule has 0 aliphatic carbocycles. The molecule has 0 spiro atoms. The Morgan fingerprint density at radius 3 is 2.42 bits per heavy atom. The van der Waals surface area contributed by atoms with Crippen molar-refractivity contribution in [2.24, 2.45) is 0 Å². The maximum atomic E-state index is 13.4. The quantitative estimate of drug-likeness (QED) is 0.486. The van der Waals surface area contributed by atoms with Gasteiger partial charge in [-0.2, -0.15) is 4.98 Å². The predicted octanol–water partition coefficient (Wildman–Crippen LogP) is 6.23. The summed E-state index contributed by atoms with van der Waals surface area (Å²) in [4.78, 5) is 13.6. The lowest BCUT2D eigenvalue weighted by Gasteiger charge is -2.40. The minimum Gasteiger partial charge on any atom is -0.351 e. The molecule has 1 saturated heterocycles. The van der Waals surface area contributed by atoms with Gasteiger partial charge < -0.3 is 4.90 Å². The summed E-state index contributed by atoms with van der Waals surface area (Å²) >= 11 is 7.89. The summed E-state index contributed by atoms with van der Waals surface area (Å²) in [5.74, 6) is 0.673. The monoisotopic (exact) mass is 389 g/mol. The molecule has 1 aliphatic rings. The van der Waals surface area contributed by atoms with E-state index in [4.69, 9.17) is 11.6 Å². The maximum Gasteiger partial charge on any atom is 0.225 e. The highest BCUT2D eigenvalue weighted by molar-refractivity contribution is 7.19. The molecule has 26 heavy (non-hydrogen) atoms. The van der Waals surface area contributed by atoms with Crippen LogP contribution >= 0.6 is 22.9 Å². The number of halogens is 2. The average Bonchev–Trinajstić information content (AvgIpc) is 2.91. The molecule has 0 radical (unpaired) electrons. The minimum absolute atomic E-state index is 0.233. The summed E-state index contributed by atoms with van der Waals surface area (Å²) in [6, 6.07) is 7.45. The van der Waals surface area contributed by atoms with Crippen molar-refractivity contribution in [2.45, 2.75) is 52.1 Å². The van der Waals surface area contributed by atoms with Gasteiger partial charge in [-0.1, -0.05) is 12.1 Å². The Morgan fingerprint density at radius 2 is 1.77 bits per heavy atom. The molecule has 2 unspecified atom stereocenters. The number of piperidine rings is 1. The molecule has 0 amide bonds. The largest absolute Gasteiger partial charge is 0.351 e. The first-order valence-corrected chi connectivity index (χ1v) is 10.2. The fraction of sp³-hybridized carbons (Fsp3) is 0.400. The van der Waals surface area contributed by atoms with Crippen molar-refractivity contribution in [3.8, 4) is 11.1 Å². The first-order chi connectivity index (χ1) is 12.5. The predicted molar refractivity (Wildman–Crippen MR) is 108 cm³/mol. The number of fused-ring (bicyclic) bond motifs is 1. The molecule has 3 heterocycles. The molecule has 3 aromatic rings. The van der Waals surface area contributed by atoms with Crippen LogP contribution in [0.2, 0.25) is 5.28 Å². The number of rotatable bonds is 2. The fourth-order valence-corrected chi connectivity index (χ4v) is 5.31. The molecule has 0 N–H and O–H groups in total. The van der Waals surface area contributed by atoms with E-state index >= 15 is 0 Å². The zero-order valence-electron chi connectivity index (χ0n) is 15.1. The molecule has 2 atom stereocenters. The van der Waals surface area contributed by atoms with Crippen molar-refractivity contribution < 1.29 is 4.39 Å². The number of hydrogen-bond donors (Lipinski definition) is 0. The van der Waals surface area contributed by atoms with E-state index in [-0.39, 0.29) is 11.1 Å². The van der Waals surface area contributed by atoms with E-state index in [0.717, 1.165) is 44.9 Å². The van der Waals surface area contributed by atoms with Crippen LogP contribution in [0.4, 0.5) is 10.2 Å². The van der Waals surface area contributed by atoms with Crippen molar-refractivity contribution in [3.63, 3.8) is 0 Å². The zero-order valence-corrected chi connectivity index (χ0v) is 16.7. The molecule has 3 nitrogen and oxygen atoms in total. The van der Waals surface area contributed by atoms with Gasteiger partial charge in [0.05, 0.1) is 5.39 Å². The molecule has 1 aromatic carbocycles. The molecule has 6 heteroatoms. The molecule has 1 fully saturated rings. The lowest BCUT2D eigenvalue weighted by Crippen LogP contribution is -2.44. The summed E-state index contributed by atoms with van der Waals surface area (Å²) < 4.78 is 13.4. The molecule has 1 aliphatic heterocycles. The standard InChI is InChI=1S/C20H21ClFN3S/c1-11-5-4-6-12(2)25(11)18-17-16(14-7-9-15(22)10-8-14)13(3)26-19(17)24-20(21)23-18/h7-12H,4-6H2,1-3H3. The van der Waals surface area contributed by atoms with Crippen LogP contribution in [-0.4, -0.2) is 22.1 Å². The van der Waals surface area contributed by atoms with Crippen molar-refractivity contribution in [1.29, 1.82) is 0 Å². The van der Waals surface area contributed by atoms with E-state index in [0.29, 0.717) is 12.1 Å². The maximum absolute atomic E-state index is 13.4. The van der Waals surface area contributed by atoms with E-state index < -0.39 is 0 Å². The number of benzene rings is 1. The Morgan fingerprint density at radius 1 is 1.12 bits per heavy atom. The van der Waals surface area contributed by atoms with Crippen molar-refractivity contribution in [2.75, 3.05) is 4.90 Å². The van der Waals surface area contributed by atoms with E-state index in [9.17, 15) is 4.39 Å². The third kappa shape index (κ3) is 2.97. The highest BCUT2D eigenvalue weighted by atomic mass is 35.5. The van der Waals surface area contributed by atoms with Crippen LogP contribution in [0.5, 0.6) is 0 Å². The molecule has 136 valence electrons. The van der Waals surface area contributed by atoms with E-state index in [2.05, 4.69) is 35.6 Å². The van der Waals surface area contributed by atoms with Crippen molar-refractivity contribution in [3.05, 3.63) is 40.2 Å². The fourth-order valence-electron chi connectivity index (χ4n) is 4.06. The summed E-state index contributed by atoms with van der Waals surface area (Å²) in [7, 11) is 0. The first kappa shape index (κ1) is 17.7. The van der Waals surface area contributed by atoms with Gasteiger partial charge in [0.25, 0.3) is 0 Å². The highest BCUT2D eigenvalue weighted by Gasteiger charge is 2.30. The van der Waals surface area contributed by atoms with Crippen LogP contribution in [-0.2, 0) is 0 Å². The van der Waals surface area contributed by atoms with Gasteiger partial charge in [-0.15, -0.1) is 11.3 Å². The van der Waals surface area contributed by atoms with Gasteiger partial charge in [0.2, 0.25) is 5.28 Å². The van der Waals surface area contributed by atoms with E-state index in [1.54, 1.807) is 11.3 Å². The number of hydrogen-bond acceptors (Lipinski definition) is 4. The minimum atomic E-state index is -0.233. The number of aromatic nitrogens is 2. The van der Waals surface area contributed by atoms with Crippen LogP contribution in [0.15, 0.2) is 24.3 Å². The Balaban J connectivity index is 1.99. The third-order valence-electron chi connectivity index (χ3n) is 5.25. The van der Waals surface area contributed by atoms with Gasteiger partial charge in [-0.05, 0) is 69.3 Å². The zero-order chi connectivity index (χ0) is 18.4. The third-order valence-corrected chi connectivity index (χ3v) is 6.42. The number of thiophene rings is 1. The second-order valence-electron chi connectivity index (χ2n) is 7.07.